The van der Waals surface area contributed by atoms with Crippen molar-refractivity contribution in [1.82, 2.24) is 15.1 Å². The molecule has 5 rings (SSSR count). The largest absolute Gasteiger partial charge is 0.348 e. The van der Waals surface area contributed by atoms with Crippen molar-refractivity contribution in [3.8, 4) is 17.3 Å². The number of nitriles is 1. The molecule has 1 aliphatic rings. The molecule has 3 aromatic carbocycles. The van der Waals surface area contributed by atoms with E-state index in [-0.39, 0.29) is 30.2 Å². The van der Waals surface area contributed by atoms with Crippen LogP contribution in [0.4, 0.5) is 10.2 Å². The number of amides is 1. The van der Waals surface area contributed by atoms with Crippen LogP contribution in [0.3, 0.4) is 0 Å². The first-order valence-corrected chi connectivity index (χ1v) is 11.6. The Balaban J connectivity index is 0.00000304. The number of benzene rings is 3. The van der Waals surface area contributed by atoms with Crippen molar-refractivity contribution in [2.45, 2.75) is 19.4 Å². The Labute approximate surface area is 215 Å². The van der Waals surface area contributed by atoms with E-state index in [1.54, 1.807) is 24.3 Å². The summed E-state index contributed by atoms with van der Waals surface area (Å²) < 4.78 is 13.4. The molecule has 6 nitrogen and oxygen atoms in total. The lowest BCUT2D eigenvalue weighted by Gasteiger charge is -2.40. The molecule has 182 valence electrons. The molecule has 0 spiro atoms. The average Bonchev–Trinajstić information content (AvgIpc) is 2.89. The zero-order valence-corrected chi connectivity index (χ0v) is 20.6. The van der Waals surface area contributed by atoms with Gasteiger partial charge in [-0.1, -0.05) is 36.4 Å². The lowest BCUT2D eigenvalue weighted by Crippen LogP contribution is -2.54. The van der Waals surface area contributed by atoms with E-state index in [0.29, 0.717) is 37.3 Å². The third-order valence-electron chi connectivity index (χ3n) is 6.48. The predicted octanol–water partition coefficient (Wildman–Crippen LogP) is 5.01. The van der Waals surface area contributed by atoms with Crippen LogP contribution in [-0.2, 0) is 11.2 Å². The number of fused-ring (bicyclic) bond motifs is 1. The van der Waals surface area contributed by atoms with E-state index in [9.17, 15) is 9.18 Å². The molecule has 0 saturated carbocycles. The molecule has 0 unspecified atom stereocenters. The van der Waals surface area contributed by atoms with Gasteiger partial charge in [-0.25, -0.2) is 4.39 Å². The van der Waals surface area contributed by atoms with Gasteiger partial charge in [0.1, 0.15) is 11.5 Å². The van der Waals surface area contributed by atoms with Crippen molar-refractivity contribution in [3.63, 3.8) is 0 Å². The quantitative estimate of drug-likeness (QED) is 0.393. The average molecular weight is 502 g/mol. The lowest BCUT2D eigenvalue weighted by atomic mass is 10.0. The van der Waals surface area contributed by atoms with Gasteiger partial charge in [0.15, 0.2) is 5.82 Å². The van der Waals surface area contributed by atoms with E-state index in [4.69, 9.17) is 5.26 Å². The number of halogens is 2. The van der Waals surface area contributed by atoms with Crippen molar-refractivity contribution in [2.24, 2.45) is 0 Å². The van der Waals surface area contributed by atoms with Crippen molar-refractivity contribution < 1.29 is 9.18 Å². The molecular weight excluding hydrogens is 477 g/mol. The van der Waals surface area contributed by atoms with Crippen LogP contribution < -0.4 is 4.90 Å². The Hall–Kier alpha value is -4.02. The molecule has 4 aromatic rings. The van der Waals surface area contributed by atoms with Gasteiger partial charge in [0.25, 0.3) is 0 Å². The Morgan fingerprint density at radius 2 is 1.69 bits per heavy atom. The van der Waals surface area contributed by atoms with Crippen LogP contribution in [0, 0.1) is 17.1 Å². The van der Waals surface area contributed by atoms with Crippen molar-refractivity contribution >= 4 is 34.9 Å². The first-order valence-electron chi connectivity index (χ1n) is 11.6. The Morgan fingerprint density at radius 3 is 2.36 bits per heavy atom. The number of piperazine rings is 1. The van der Waals surface area contributed by atoms with Gasteiger partial charge in [0.05, 0.1) is 18.1 Å². The van der Waals surface area contributed by atoms with E-state index in [2.05, 4.69) is 28.1 Å². The predicted molar refractivity (Wildman–Crippen MR) is 140 cm³/mol. The molecule has 8 heteroatoms. The number of carbonyl (C=O) groups excluding carboxylic acids is 1. The molecule has 0 radical (unpaired) electrons. The standard InChI is InChI=1S/C28H24FN5O.ClH/c1-19-18-33(26(35)16-20-6-8-21(17-30)9-7-20)14-15-34(19)28-25-5-3-2-4-24(25)27(31-32-28)22-10-12-23(29)13-11-22;/h2-13,19H,14-16,18H2,1H3;1H/t19-;/m1./s1. The molecule has 0 bridgehead atoms. The highest BCUT2D eigenvalue weighted by atomic mass is 35.5. The SMILES string of the molecule is C[C@@H]1CN(C(=O)Cc2ccc(C#N)cc2)CCN1c1nnc(-c2ccc(F)cc2)c2ccccc12.Cl. The molecular formula is C28H25ClFN5O. The fraction of sp³-hybridized carbons (Fsp3) is 0.214. The van der Waals surface area contributed by atoms with Gasteiger partial charge < -0.3 is 9.80 Å². The van der Waals surface area contributed by atoms with Gasteiger partial charge in [0, 0.05) is 42.0 Å². The Bertz CT molecular complexity index is 1420. The van der Waals surface area contributed by atoms with E-state index in [1.807, 2.05) is 41.3 Å². The maximum absolute atomic E-state index is 13.4. The van der Waals surface area contributed by atoms with Crippen LogP contribution >= 0.6 is 12.4 Å². The summed E-state index contributed by atoms with van der Waals surface area (Å²) in [5.41, 5.74) is 3.01. The third-order valence-corrected chi connectivity index (χ3v) is 6.48. The maximum Gasteiger partial charge on any atom is 0.227 e. The highest BCUT2D eigenvalue weighted by molar-refractivity contribution is 6.00. The van der Waals surface area contributed by atoms with Gasteiger partial charge >= 0.3 is 0 Å². The van der Waals surface area contributed by atoms with E-state index >= 15 is 0 Å². The van der Waals surface area contributed by atoms with Gasteiger partial charge in [-0.05, 0) is 48.9 Å². The molecule has 1 aliphatic heterocycles. The van der Waals surface area contributed by atoms with Crippen molar-refractivity contribution in [1.29, 1.82) is 5.26 Å². The molecule has 1 aromatic heterocycles. The van der Waals surface area contributed by atoms with Crippen molar-refractivity contribution in [3.05, 3.63) is 89.7 Å². The molecule has 1 fully saturated rings. The van der Waals surface area contributed by atoms with Gasteiger partial charge in [0.2, 0.25) is 5.91 Å². The minimum atomic E-state index is -0.289. The van der Waals surface area contributed by atoms with Crippen LogP contribution in [0.25, 0.3) is 22.0 Å². The monoisotopic (exact) mass is 501 g/mol. The lowest BCUT2D eigenvalue weighted by molar-refractivity contribution is -0.131. The van der Waals surface area contributed by atoms with Gasteiger partial charge in [-0.3, -0.25) is 4.79 Å². The van der Waals surface area contributed by atoms with E-state index in [1.165, 1.54) is 12.1 Å². The zero-order valence-electron chi connectivity index (χ0n) is 19.8. The second kappa shape index (κ2) is 10.7. The fourth-order valence-corrected chi connectivity index (χ4v) is 4.61. The zero-order chi connectivity index (χ0) is 24.4. The first-order chi connectivity index (χ1) is 17.0. The molecule has 0 aliphatic carbocycles. The third kappa shape index (κ3) is 5.00. The summed E-state index contributed by atoms with van der Waals surface area (Å²) in [6.07, 6.45) is 0.313. The highest BCUT2D eigenvalue weighted by Crippen LogP contribution is 2.33. The first kappa shape index (κ1) is 25.1. The minimum Gasteiger partial charge on any atom is -0.348 e. The van der Waals surface area contributed by atoms with Crippen LogP contribution in [0.1, 0.15) is 18.1 Å². The summed E-state index contributed by atoms with van der Waals surface area (Å²) in [6.45, 7) is 3.92. The van der Waals surface area contributed by atoms with Crippen LogP contribution in [0.15, 0.2) is 72.8 Å². The number of aromatic nitrogens is 2. The van der Waals surface area contributed by atoms with Crippen molar-refractivity contribution in [2.75, 3.05) is 24.5 Å². The number of hydrogen-bond acceptors (Lipinski definition) is 5. The summed E-state index contributed by atoms with van der Waals surface area (Å²) in [5.74, 6) is 0.574. The minimum absolute atomic E-state index is 0. The Kier molecular flexibility index (Phi) is 7.47. The van der Waals surface area contributed by atoms with Crippen LogP contribution in [-0.4, -0.2) is 46.7 Å². The second-order valence-corrected chi connectivity index (χ2v) is 8.79. The second-order valence-electron chi connectivity index (χ2n) is 8.79. The summed E-state index contributed by atoms with van der Waals surface area (Å²) in [5, 5.41) is 20.0. The molecule has 0 N–H and O–H groups in total. The fourth-order valence-electron chi connectivity index (χ4n) is 4.61. The number of nitrogens with zero attached hydrogens (tertiary/aromatic N) is 5. The van der Waals surface area contributed by atoms with Crippen LogP contribution in [0.2, 0.25) is 0 Å². The molecule has 2 heterocycles. The van der Waals surface area contributed by atoms with Crippen LogP contribution in [0.5, 0.6) is 0 Å². The van der Waals surface area contributed by atoms with E-state index < -0.39 is 0 Å². The number of anilines is 1. The highest BCUT2D eigenvalue weighted by Gasteiger charge is 2.29. The smallest absolute Gasteiger partial charge is 0.227 e. The number of rotatable bonds is 4. The molecule has 1 amide bonds. The summed E-state index contributed by atoms with van der Waals surface area (Å²) >= 11 is 0. The molecule has 1 atom stereocenters. The topological polar surface area (TPSA) is 73.1 Å². The van der Waals surface area contributed by atoms with Gasteiger partial charge in [-0.15, -0.1) is 22.6 Å². The van der Waals surface area contributed by atoms with Gasteiger partial charge in [-0.2, -0.15) is 5.26 Å². The molecule has 1 saturated heterocycles. The Morgan fingerprint density at radius 1 is 1.00 bits per heavy atom. The molecule has 36 heavy (non-hydrogen) atoms. The summed E-state index contributed by atoms with van der Waals surface area (Å²) in [7, 11) is 0. The van der Waals surface area contributed by atoms with E-state index in [0.717, 1.165) is 27.7 Å². The summed E-state index contributed by atoms with van der Waals surface area (Å²) in [4.78, 5) is 17.0. The maximum atomic E-state index is 13.4. The number of hydrogen-bond donors (Lipinski definition) is 0. The normalized spacial score (nSPS) is 15.3. The number of carbonyl (C=O) groups is 1. The summed E-state index contributed by atoms with van der Waals surface area (Å²) in [6, 6.07) is 23.6.